The molecule has 2 aromatic carbocycles. The number of amides is 1. The number of hydrogen-bond donors (Lipinski definition) is 2. The third-order valence-electron chi connectivity index (χ3n) is 3.83. The number of anilines is 1. The van der Waals surface area contributed by atoms with E-state index in [0.29, 0.717) is 22.7 Å². The molecular weight excluding hydrogens is 392 g/mol. The van der Waals surface area contributed by atoms with E-state index in [1.807, 2.05) is 0 Å². The van der Waals surface area contributed by atoms with Crippen LogP contribution in [0.4, 0.5) is 5.69 Å². The van der Waals surface area contributed by atoms with Crippen LogP contribution in [0.1, 0.15) is 11.1 Å². The fourth-order valence-electron chi connectivity index (χ4n) is 2.42. The highest BCUT2D eigenvalue weighted by atomic mass is 32.2. The van der Waals surface area contributed by atoms with Crippen molar-refractivity contribution in [3.05, 3.63) is 72.3 Å². The Morgan fingerprint density at radius 1 is 1.07 bits per heavy atom. The third kappa shape index (κ3) is 7.44. The largest absolute Gasteiger partial charge is 0.497 e. The third-order valence-corrected chi connectivity index (χ3v) is 5.15. The molecule has 0 aliphatic carbocycles. The first-order chi connectivity index (χ1) is 13.8. The van der Waals surface area contributed by atoms with E-state index in [1.165, 1.54) is 12.2 Å². The van der Waals surface area contributed by atoms with Gasteiger partial charge >= 0.3 is 0 Å². The number of nitrogens with one attached hydrogen (secondary N) is 2. The Balaban J connectivity index is 1.99. The minimum absolute atomic E-state index is 0.146. The van der Waals surface area contributed by atoms with Gasteiger partial charge in [-0.2, -0.15) is 0 Å². The van der Waals surface area contributed by atoms with Crippen LogP contribution in [-0.2, 0) is 20.6 Å². The summed E-state index contributed by atoms with van der Waals surface area (Å²) in [6, 6.07) is 11.9. The molecule has 2 aromatic rings. The number of methoxy groups -OCH3 is 2. The summed E-state index contributed by atoms with van der Waals surface area (Å²) < 4.78 is 36.6. The van der Waals surface area contributed by atoms with Crippen LogP contribution in [-0.4, -0.2) is 35.1 Å². The number of carbonyl (C=O) groups excluding carboxylic acids is 1. The van der Waals surface area contributed by atoms with Crippen molar-refractivity contribution in [2.24, 2.45) is 0 Å². The van der Waals surface area contributed by atoms with Crippen LogP contribution in [0.3, 0.4) is 0 Å². The van der Waals surface area contributed by atoms with Crippen LogP contribution in [0.5, 0.6) is 11.5 Å². The zero-order valence-electron chi connectivity index (χ0n) is 16.3. The van der Waals surface area contributed by atoms with E-state index in [9.17, 15) is 13.2 Å². The summed E-state index contributed by atoms with van der Waals surface area (Å²) in [6.45, 7) is 3.66. The van der Waals surface area contributed by atoms with Crippen LogP contribution >= 0.6 is 0 Å². The summed E-state index contributed by atoms with van der Waals surface area (Å²) in [5.74, 6) is 0.780. The SMILES string of the molecule is C=CCNS(=O)(=O)Cc1ccc(NC(=O)/C=C/c2cc(OC)cc(OC)c2)cc1. The van der Waals surface area contributed by atoms with Crippen molar-refractivity contribution in [1.82, 2.24) is 4.72 Å². The Bertz CT molecular complexity index is 960. The molecule has 0 bridgehead atoms. The van der Waals surface area contributed by atoms with Crippen molar-refractivity contribution in [3.8, 4) is 11.5 Å². The quantitative estimate of drug-likeness (QED) is 0.459. The van der Waals surface area contributed by atoms with Gasteiger partial charge in [0.05, 0.1) is 20.0 Å². The van der Waals surface area contributed by atoms with E-state index in [2.05, 4.69) is 16.6 Å². The number of hydrogen-bond acceptors (Lipinski definition) is 5. The van der Waals surface area contributed by atoms with E-state index < -0.39 is 10.0 Å². The molecule has 0 atom stereocenters. The summed E-state index contributed by atoms with van der Waals surface area (Å²) >= 11 is 0. The van der Waals surface area contributed by atoms with E-state index in [0.717, 1.165) is 5.56 Å². The minimum Gasteiger partial charge on any atom is -0.497 e. The van der Waals surface area contributed by atoms with E-state index in [1.54, 1.807) is 62.8 Å². The fraction of sp³-hybridized carbons (Fsp3) is 0.190. The van der Waals surface area contributed by atoms with Gasteiger partial charge in [0, 0.05) is 24.4 Å². The molecule has 7 nitrogen and oxygen atoms in total. The fourth-order valence-corrected chi connectivity index (χ4v) is 3.53. The van der Waals surface area contributed by atoms with E-state index >= 15 is 0 Å². The Labute approximate surface area is 171 Å². The van der Waals surface area contributed by atoms with Crippen molar-refractivity contribution < 1.29 is 22.7 Å². The molecule has 0 unspecified atom stereocenters. The Morgan fingerprint density at radius 2 is 1.69 bits per heavy atom. The molecule has 2 rings (SSSR count). The standard InChI is InChI=1S/C21H24N2O5S/c1-4-11-22-29(25,26)15-16-5-8-18(9-6-16)23-21(24)10-7-17-12-19(27-2)14-20(13-17)28-3/h4-10,12-14,22H,1,11,15H2,2-3H3,(H,23,24)/b10-7+. The van der Waals surface area contributed by atoms with Crippen molar-refractivity contribution in [1.29, 1.82) is 0 Å². The van der Waals surface area contributed by atoms with Crippen LogP contribution in [0.2, 0.25) is 0 Å². The molecule has 29 heavy (non-hydrogen) atoms. The molecule has 2 N–H and O–H groups in total. The Hall–Kier alpha value is -3.10. The second-order valence-electron chi connectivity index (χ2n) is 6.06. The van der Waals surface area contributed by atoms with Gasteiger partial charge in [-0.15, -0.1) is 6.58 Å². The Morgan fingerprint density at radius 3 is 2.24 bits per heavy atom. The van der Waals surface area contributed by atoms with Crippen molar-refractivity contribution >= 4 is 27.7 Å². The first-order valence-electron chi connectivity index (χ1n) is 8.74. The van der Waals surface area contributed by atoms with Crippen molar-refractivity contribution in [3.63, 3.8) is 0 Å². The highest BCUT2D eigenvalue weighted by Gasteiger charge is 2.10. The Kier molecular flexibility index (Phi) is 7.99. The van der Waals surface area contributed by atoms with Gasteiger partial charge in [0.25, 0.3) is 0 Å². The predicted octanol–water partition coefficient (Wildman–Crippen LogP) is 2.96. The predicted molar refractivity (Wildman–Crippen MR) is 114 cm³/mol. The van der Waals surface area contributed by atoms with E-state index in [-0.39, 0.29) is 18.2 Å². The van der Waals surface area contributed by atoms with Crippen LogP contribution < -0.4 is 19.5 Å². The summed E-state index contributed by atoms with van der Waals surface area (Å²) in [7, 11) is -0.314. The van der Waals surface area contributed by atoms with E-state index in [4.69, 9.17) is 9.47 Å². The maximum absolute atomic E-state index is 12.2. The second-order valence-corrected chi connectivity index (χ2v) is 7.87. The molecule has 1 amide bonds. The van der Waals surface area contributed by atoms with Gasteiger partial charge in [-0.05, 0) is 41.5 Å². The summed E-state index contributed by atoms with van der Waals surface area (Å²) in [6.07, 6.45) is 4.52. The number of sulfonamides is 1. The summed E-state index contributed by atoms with van der Waals surface area (Å²) in [5, 5.41) is 2.73. The first-order valence-corrected chi connectivity index (χ1v) is 10.4. The number of carbonyl (C=O) groups is 1. The highest BCUT2D eigenvalue weighted by molar-refractivity contribution is 7.88. The average Bonchev–Trinajstić information content (AvgIpc) is 2.71. The number of benzene rings is 2. The lowest BCUT2D eigenvalue weighted by atomic mass is 10.2. The maximum Gasteiger partial charge on any atom is 0.248 e. The van der Waals surface area contributed by atoms with Crippen molar-refractivity contribution in [2.75, 3.05) is 26.1 Å². The van der Waals surface area contributed by atoms with Gasteiger partial charge in [0.2, 0.25) is 15.9 Å². The van der Waals surface area contributed by atoms with Gasteiger partial charge in [-0.1, -0.05) is 18.2 Å². The van der Waals surface area contributed by atoms with Gasteiger partial charge in [-0.25, -0.2) is 13.1 Å². The number of rotatable bonds is 10. The lowest BCUT2D eigenvalue weighted by Gasteiger charge is -2.07. The normalized spacial score (nSPS) is 11.2. The van der Waals surface area contributed by atoms with Crippen LogP contribution in [0, 0.1) is 0 Å². The first kappa shape index (κ1) is 22.2. The molecule has 0 saturated heterocycles. The maximum atomic E-state index is 12.2. The zero-order chi connectivity index (χ0) is 21.3. The lowest BCUT2D eigenvalue weighted by molar-refractivity contribution is -0.111. The molecule has 0 aliphatic heterocycles. The molecule has 8 heteroatoms. The second kappa shape index (κ2) is 10.4. The van der Waals surface area contributed by atoms with Crippen molar-refractivity contribution in [2.45, 2.75) is 5.75 Å². The molecule has 0 aromatic heterocycles. The molecule has 0 fully saturated rings. The molecule has 0 heterocycles. The summed E-state index contributed by atoms with van der Waals surface area (Å²) in [5.41, 5.74) is 1.92. The molecule has 0 radical (unpaired) electrons. The highest BCUT2D eigenvalue weighted by Crippen LogP contribution is 2.23. The zero-order valence-corrected chi connectivity index (χ0v) is 17.2. The monoisotopic (exact) mass is 416 g/mol. The van der Waals surface area contributed by atoms with Gasteiger partial charge in [0.1, 0.15) is 11.5 Å². The average molecular weight is 416 g/mol. The molecular formula is C21H24N2O5S. The van der Waals surface area contributed by atoms with Crippen LogP contribution in [0.25, 0.3) is 6.08 Å². The molecule has 0 aliphatic rings. The molecule has 0 saturated carbocycles. The summed E-state index contributed by atoms with van der Waals surface area (Å²) in [4.78, 5) is 12.2. The van der Waals surface area contributed by atoms with Gasteiger partial charge < -0.3 is 14.8 Å². The van der Waals surface area contributed by atoms with Gasteiger partial charge in [-0.3, -0.25) is 4.79 Å². The number of ether oxygens (including phenoxy) is 2. The van der Waals surface area contributed by atoms with Gasteiger partial charge in [0.15, 0.2) is 0 Å². The smallest absolute Gasteiger partial charge is 0.248 e. The van der Waals surface area contributed by atoms with Crippen LogP contribution in [0.15, 0.2) is 61.2 Å². The molecule has 154 valence electrons. The molecule has 0 spiro atoms. The minimum atomic E-state index is -3.42. The lowest BCUT2D eigenvalue weighted by Crippen LogP contribution is -2.25. The topological polar surface area (TPSA) is 93.7 Å².